The summed E-state index contributed by atoms with van der Waals surface area (Å²) in [5.74, 6) is 6.18. The molecule has 6 heteroatoms. The Kier molecular flexibility index (Phi) is 16.1. The minimum absolute atomic E-state index is 0.556. The van der Waals surface area contributed by atoms with Crippen molar-refractivity contribution in [3.63, 3.8) is 0 Å². The van der Waals surface area contributed by atoms with Gasteiger partial charge < -0.3 is 10.6 Å². The molecule has 4 unspecified atom stereocenters. The Hall–Kier alpha value is 1.43. The molecule has 0 aromatic heterocycles. The first kappa shape index (κ1) is 33.5. The molecular formula is C28H56Cl2N2SiTi-2. The molecule has 0 N–H and O–H groups in total. The summed E-state index contributed by atoms with van der Waals surface area (Å²) in [4.78, 5) is 0. The summed E-state index contributed by atoms with van der Waals surface area (Å²) in [6.45, 7) is 24.5. The maximum absolute atomic E-state index is 5.53. The molecule has 0 bridgehead atoms. The molecule has 2 aliphatic carbocycles. The van der Waals surface area contributed by atoms with Gasteiger partial charge in [-0.2, -0.15) is 12.3 Å². The molecule has 2 rings (SSSR count). The van der Waals surface area contributed by atoms with Gasteiger partial charge in [0.15, 0.2) is 0 Å². The molecule has 2 saturated carbocycles. The molecule has 2 fully saturated rings. The van der Waals surface area contributed by atoms with Crippen molar-refractivity contribution in [2.24, 2.45) is 47.3 Å². The van der Waals surface area contributed by atoms with Crippen LogP contribution in [0.5, 0.6) is 0 Å². The Labute approximate surface area is 231 Å². The molecule has 0 spiro atoms. The van der Waals surface area contributed by atoms with E-state index in [-0.39, 0.29) is 0 Å². The Morgan fingerprint density at radius 2 is 0.853 bits per heavy atom. The second-order valence-electron chi connectivity index (χ2n) is 13.4. The molecule has 0 radical (unpaired) electrons. The molecule has 0 saturated heterocycles. The topological polar surface area (TPSA) is 28.2 Å². The van der Waals surface area contributed by atoms with Crippen molar-refractivity contribution in [1.82, 2.24) is 0 Å². The SMILES string of the molecule is CC(C)C1CCCC(C(C)C)C1[N-]C[Si](C)(C)C[N-]C1C(C(C)C)CCCC1C(C)C.[Cl][Ti][Cl]. The van der Waals surface area contributed by atoms with Crippen LogP contribution in [-0.2, 0) is 17.0 Å². The maximum atomic E-state index is 5.53. The Morgan fingerprint density at radius 1 is 0.618 bits per heavy atom. The molecule has 0 aromatic carbocycles. The third-order valence-corrected chi connectivity index (χ3v) is 10.9. The number of hydrogen-bond acceptors (Lipinski definition) is 0. The zero-order valence-electron chi connectivity index (χ0n) is 24.1. The van der Waals surface area contributed by atoms with Crippen LogP contribution in [0.3, 0.4) is 0 Å². The zero-order chi connectivity index (χ0) is 26.1. The number of hydrogen-bond donors (Lipinski definition) is 0. The van der Waals surface area contributed by atoms with Crippen molar-refractivity contribution in [3.05, 3.63) is 10.6 Å². The summed E-state index contributed by atoms with van der Waals surface area (Å²) in [5.41, 5.74) is 0. The van der Waals surface area contributed by atoms with Gasteiger partial charge >= 0.3 is 35.6 Å². The van der Waals surface area contributed by atoms with Gasteiger partial charge in [0.2, 0.25) is 0 Å². The van der Waals surface area contributed by atoms with E-state index < -0.39 is 25.1 Å². The predicted molar refractivity (Wildman–Crippen MR) is 154 cm³/mol. The second-order valence-corrected chi connectivity index (χ2v) is 20.9. The van der Waals surface area contributed by atoms with Crippen molar-refractivity contribution in [2.45, 2.75) is 119 Å². The predicted octanol–water partition coefficient (Wildman–Crippen LogP) is 10.1. The van der Waals surface area contributed by atoms with Crippen LogP contribution in [0, 0.1) is 47.3 Å². The van der Waals surface area contributed by atoms with Crippen molar-refractivity contribution < 1.29 is 17.0 Å². The summed E-state index contributed by atoms with van der Waals surface area (Å²) in [6, 6.07) is 1.17. The fraction of sp³-hybridized carbons (Fsp3) is 1.00. The molecule has 202 valence electrons. The molecular weight excluding hydrogens is 511 g/mol. The van der Waals surface area contributed by atoms with Crippen molar-refractivity contribution in [3.8, 4) is 0 Å². The minimum atomic E-state index is -1.46. The van der Waals surface area contributed by atoms with Crippen LogP contribution in [-0.4, -0.2) is 32.5 Å². The zero-order valence-corrected chi connectivity index (χ0v) is 28.2. The van der Waals surface area contributed by atoms with Gasteiger partial charge in [0.1, 0.15) is 0 Å². The molecule has 0 aromatic rings. The first-order valence-electron chi connectivity index (χ1n) is 14.2. The summed E-state index contributed by atoms with van der Waals surface area (Å²) in [6.07, 6.45) is 10.6. The van der Waals surface area contributed by atoms with E-state index in [1.165, 1.54) is 38.5 Å². The van der Waals surface area contributed by atoms with Gasteiger partial charge in [-0.15, -0.1) is 12.1 Å². The van der Waals surface area contributed by atoms with Gasteiger partial charge in [-0.05, 0) is 23.7 Å². The number of nitrogens with zero attached hydrogens (tertiary/aromatic N) is 2. The molecule has 4 atom stereocenters. The molecule has 0 aliphatic heterocycles. The van der Waals surface area contributed by atoms with E-state index in [4.69, 9.17) is 29.2 Å². The second kappa shape index (κ2) is 16.4. The van der Waals surface area contributed by atoms with E-state index in [1.54, 1.807) is 0 Å². The van der Waals surface area contributed by atoms with Gasteiger partial charge in [0.05, 0.1) is 0 Å². The monoisotopic (exact) mass is 566 g/mol. The van der Waals surface area contributed by atoms with Gasteiger partial charge in [0.25, 0.3) is 0 Å². The van der Waals surface area contributed by atoms with Crippen molar-refractivity contribution in [1.29, 1.82) is 0 Å². The first-order chi connectivity index (χ1) is 15.9. The summed E-state index contributed by atoms with van der Waals surface area (Å²) in [5, 5.41) is 11.1. The average molecular weight is 568 g/mol. The Morgan fingerprint density at radius 3 is 1.06 bits per heavy atom. The Bertz CT molecular complexity index is 468. The fourth-order valence-electron chi connectivity index (χ4n) is 6.70. The van der Waals surface area contributed by atoms with E-state index in [2.05, 4.69) is 68.5 Å². The first-order valence-corrected chi connectivity index (χ1v) is 21.9. The quantitative estimate of drug-likeness (QED) is 0.235. The number of rotatable bonds is 10. The fourth-order valence-corrected chi connectivity index (χ4v) is 8.21. The molecule has 2 aliphatic rings. The van der Waals surface area contributed by atoms with Gasteiger partial charge in [-0.1, -0.05) is 131 Å². The third kappa shape index (κ3) is 10.7. The van der Waals surface area contributed by atoms with Crippen LogP contribution in [0.25, 0.3) is 10.6 Å². The average Bonchev–Trinajstić information content (AvgIpc) is 2.76. The van der Waals surface area contributed by atoms with Crippen LogP contribution in [0.1, 0.15) is 93.9 Å². The molecule has 0 amide bonds. The third-order valence-electron chi connectivity index (χ3n) is 8.79. The van der Waals surface area contributed by atoms with Crippen molar-refractivity contribution in [2.75, 3.05) is 12.3 Å². The van der Waals surface area contributed by atoms with Gasteiger partial charge in [0, 0.05) is 8.07 Å². The van der Waals surface area contributed by atoms with E-state index in [9.17, 15) is 0 Å². The van der Waals surface area contributed by atoms with Gasteiger partial charge in [-0.25, -0.2) is 0 Å². The van der Waals surface area contributed by atoms with Crippen LogP contribution < -0.4 is 0 Å². The van der Waals surface area contributed by atoms with Crippen LogP contribution in [0.15, 0.2) is 0 Å². The standard InChI is InChI=1S/C28H56N2Si.2ClH.Ti/c1-19(2)23-13-11-14-24(20(3)4)27(23)29-17-31(9,10)18-30-28-25(21(5)6)15-12-16-26(28)22(7)8;;;/h19-28H,11-18H2,1-10H3;2*1H;/q-2;;;+2/p-2. The summed E-state index contributed by atoms with van der Waals surface area (Å²) < 4.78 is 0. The molecule has 2 nitrogen and oxygen atoms in total. The van der Waals surface area contributed by atoms with Crippen LogP contribution >= 0.6 is 18.6 Å². The Balaban J connectivity index is 0.00000182. The normalized spacial score (nSPS) is 30.6. The van der Waals surface area contributed by atoms with Crippen LogP contribution in [0.2, 0.25) is 13.1 Å². The summed E-state index contributed by atoms with van der Waals surface area (Å²) in [7, 11) is 8.32. The van der Waals surface area contributed by atoms with Crippen LogP contribution in [0.4, 0.5) is 0 Å². The molecule has 0 heterocycles. The van der Waals surface area contributed by atoms with Gasteiger partial charge in [-0.3, -0.25) is 0 Å². The van der Waals surface area contributed by atoms with E-state index in [1.807, 2.05) is 0 Å². The number of halogens is 2. The van der Waals surface area contributed by atoms with Crippen molar-refractivity contribution >= 4 is 26.7 Å². The molecule has 34 heavy (non-hydrogen) atoms. The summed E-state index contributed by atoms with van der Waals surface area (Å²) >= 11 is -0.556. The van der Waals surface area contributed by atoms with E-state index in [0.29, 0.717) is 12.1 Å². The van der Waals surface area contributed by atoms with E-state index >= 15 is 0 Å². The van der Waals surface area contributed by atoms with E-state index in [0.717, 1.165) is 59.7 Å².